The molecule has 7 rings (SSSR count). The summed E-state index contributed by atoms with van der Waals surface area (Å²) in [7, 11) is 0. The van der Waals surface area contributed by atoms with Gasteiger partial charge in [-0.05, 0) is 47.9 Å². The Morgan fingerprint density at radius 3 is 2.72 bits per heavy atom. The number of imide groups is 1. The monoisotopic (exact) mass is 648 g/mol. The molecule has 3 aliphatic rings. The van der Waals surface area contributed by atoms with Crippen LogP contribution >= 0.6 is 11.6 Å². The summed E-state index contributed by atoms with van der Waals surface area (Å²) in [4.78, 5) is 47.2. The van der Waals surface area contributed by atoms with Crippen molar-refractivity contribution < 1.29 is 32.6 Å². The summed E-state index contributed by atoms with van der Waals surface area (Å²) in [5.41, 5.74) is 2.64. The Labute approximate surface area is 266 Å². The highest BCUT2D eigenvalue weighted by atomic mass is 35.5. The third-order valence-corrected chi connectivity index (χ3v) is 8.51. The Morgan fingerprint density at radius 1 is 1.07 bits per heavy atom. The van der Waals surface area contributed by atoms with Crippen LogP contribution in [0, 0.1) is 11.6 Å². The second-order valence-corrected chi connectivity index (χ2v) is 11.7. The molecule has 236 valence electrons. The van der Waals surface area contributed by atoms with Gasteiger partial charge in [-0.3, -0.25) is 19.7 Å². The van der Waals surface area contributed by atoms with E-state index in [9.17, 15) is 18.8 Å². The van der Waals surface area contributed by atoms with Crippen LogP contribution in [-0.2, 0) is 27.4 Å². The minimum Gasteiger partial charge on any atom is -0.486 e. The van der Waals surface area contributed by atoms with Crippen LogP contribution in [0.3, 0.4) is 0 Å². The maximum atomic E-state index is 15.4. The molecule has 2 fully saturated rings. The summed E-state index contributed by atoms with van der Waals surface area (Å²) in [6.07, 6.45) is 2.24. The number of amides is 3. The molecule has 46 heavy (non-hydrogen) atoms. The molecule has 0 bridgehead atoms. The van der Waals surface area contributed by atoms with Gasteiger partial charge in [-0.1, -0.05) is 17.7 Å². The molecule has 4 aromatic rings. The van der Waals surface area contributed by atoms with Crippen molar-refractivity contribution in [3.63, 3.8) is 0 Å². The average Bonchev–Trinajstić information content (AvgIpc) is 3.66. The Bertz CT molecular complexity index is 1900. The zero-order valence-corrected chi connectivity index (χ0v) is 25.0. The second-order valence-electron chi connectivity index (χ2n) is 11.3. The molecule has 0 saturated carbocycles. The predicted octanol–water partition coefficient (Wildman–Crippen LogP) is 4.85. The van der Waals surface area contributed by atoms with Crippen molar-refractivity contribution in [3.05, 3.63) is 82.1 Å². The zero-order valence-electron chi connectivity index (χ0n) is 24.2. The molecule has 2 saturated heterocycles. The van der Waals surface area contributed by atoms with E-state index in [-0.39, 0.29) is 42.6 Å². The number of nitrogens with zero attached hydrogens (tertiary/aromatic N) is 3. The van der Waals surface area contributed by atoms with Crippen molar-refractivity contribution >= 4 is 57.4 Å². The highest BCUT2D eigenvalue weighted by molar-refractivity contribution is 6.31. The first-order valence-corrected chi connectivity index (χ1v) is 15.1. The van der Waals surface area contributed by atoms with Gasteiger partial charge < -0.3 is 25.0 Å². The number of nitrogens with one attached hydrogen (secondary N) is 3. The topological polar surface area (TPSA) is 135 Å². The van der Waals surface area contributed by atoms with E-state index in [1.807, 2.05) is 6.07 Å². The van der Waals surface area contributed by atoms with Gasteiger partial charge in [0.15, 0.2) is 0 Å². The smallest absolute Gasteiger partial charge is 0.258 e. The van der Waals surface area contributed by atoms with Crippen LogP contribution in [-0.4, -0.2) is 57.9 Å². The standard InChI is InChI=1S/C32H27ClF2N6O5/c33-21-9-18(1-2-22(21)34)39-30-20-10-25(27(11-24(20)37-15-38-30)46-19-5-6-45-14-19)36-12-16-7-17-13-41(32(44)29(17)23(35)8-16)26-3-4-28(42)40-31(26)43/h1-2,7-11,15,19,26,36H,3-6,12-14H2,(H,37,38,39)(H,40,42,43). The van der Waals surface area contributed by atoms with Crippen LogP contribution in [0.5, 0.6) is 5.75 Å². The fraction of sp³-hybridized carbons (Fsp3) is 0.281. The van der Waals surface area contributed by atoms with Gasteiger partial charge >= 0.3 is 0 Å². The molecule has 4 heterocycles. The molecule has 2 atom stereocenters. The van der Waals surface area contributed by atoms with Crippen molar-refractivity contribution in [1.82, 2.24) is 20.2 Å². The first kappa shape index (κ1) is 29.8. The Balaban J connectivity index is 1.17. The summed E-state index contributed by atoms with van der Waals surface area (Å²) in [5.74, 6) is -1.80. The quantitative estimate of drug-likeness (QED) is 0.229. The highest BCUT2D eigenvalue weighted by Gasteiger charge is 2.40. The molecule has 0 aliphatic carbocycles. The summed E-state index contributed by atoms with van der Waals surface area (Å²) in [6, 6.07) is 10.0. The lowest BCUT2D eigenvalue weighted by atomic mass is 10.0. The highest BCUT2D eigenvalue weighted by Crippen LogP contribution is 2.36. The molecule has 3 aromatic carbocycles. The van der Waals surface area contributed by atoms with Gasteiger partial charge in [0.25, 0.3) is 5.91 Å². The summed E-state index contributed by atoms with van der Waals surface area (Å²) in [6.45, 7) is 1.24. The number of anilines is 3. The number of fused-ring (bicyclic) bond motifs is 2. The van der Waals surface area contributed by atoms with E-state index >= 15 is 4.39 Å². The number of hydrogen-bond acceptors (Lipinski definition) is 9. The van der Waals surface area contributed by atoms with Gasteiger partial charge in [0, 0.05) is 43.1 Å². The first-order chi connectivity index (χ1) is 22.2. The minimum atomic E-state index is -0.841. The largest absolute Gasteiger partial charge is 0.486 e. The van der Waals surface area contributed by atoms with Crippen molar-refractivity contribution in [2.75, 3.05) is 23.8 Å². The molecule has 3 N–H and O–H groups in total. The molecule has 0 spiro atoms. The van der Waals surface area contributed by atoms with Crippen LogP contribution < -0.4 is 20.7 Å². The van der Waals surface area contributed by atoms with Crippen LogP contribution in [0.2, 0.25) is 5.02 Å². The lowest BCUT2D eigenvalue weighted by molar-refractivity contribution is -0.136. The summed E-state index contributed by atoms with van der Waals surface area (Å²) < 4.78 is 40.9. The molecular weight excluding hydrogens is 622 g/mol. The van der Waals surface area contributed by atoms with Gasteiger partial charge in [-0.15, -0.1) is 0 Å². The van der Waals surface area contributed by atoms with Crippen LogP contribution in [0.1, 0.15) is 40.7 Å². The maximum absolute atomic E-state index is 15.4. The van der Waals surface area contributed by atoms with Crippen LogP contribution in [0.25, 0.3) is 10.9 Å². The number of carbonyl (C=O) groups excluding carboxylic acids is 3. The van der Waals surface area contributed by atoms with Gasteiger partial charge in [-0.25, -0.2) is 18.7 Å². The number of aromatic nitrogens is 2. The second kappa shape index (κ2) is 12.1. The minimum absolute atomic E-state index is 0.0382. The van der Waals surface area contributed by atoms with E-state index in [0.29, 0.717) is 64.6 Å². The van der Waals surface area contributed by atoms with Crippen molar-refractivity contribution in [2.24, 2.45) is 0 Å². The van der Waals surface area contributed by atoms with E-state index in [4.69, 9.17) is 21.1 Å². The third-order valence-electron chi connectivity index (χ3n) is 8.22. The van der Waals surface area contributed by atoms with Crippen molar-refractivity contribution in [1.29, 1.82) is 0 Å². The van der Waals surface area contributed by atoms with Crippen molar-refractivity contribution in [3.8, 4) is 5.75 Å². The number of benzene rings is 3. The average molecular weight is 649 g/mol. The lowest BCUT2D eigenvalue weighted by Crippen LogP contribution is -2.52. The lowest BCUT2D eigenvalue weighted by Gasteiger charge is -2.29. The first-order valence-electron chi connectivity index (χ1n) is 14.7. The number of rotatable bonds is 8. The normalized spacial score (nSPS) is 19.4. The number of hydrogen-bond donors (Lipinski definition) is 3. The fourth-order valence-corrected chi connectivity index (χ4v) is 6.12. The number of halogens is 3. The summed E-state index contributed by atoms with van der Waals surface area (Å²) >= 11 is 5.98. The molecule has 3 amide bonds. The zero-order chi connectivity index (χ0) is 31.9. The Morgan fingerprint density at radius 2 is 1.93 bits per heavy atom. The predicted molar refractivity (Wildman–Crippen MR) is 164 cm³/mol. The SMILES string of the molecule is O=C1CCC(N2Cc3cc(CNc4cc5c(Nc6ccc(F)c(Cl)c6)ncnc5cc4OC4CCOC4)cc(F)c3C2=O)C(=O)N1. The molecule has 14 heteroatoms. The third kappa shape index (κ3) is 5.79. The van der Waals surface area contributed by atoms with Gasteiger partial charge in [0.05, 0.1) is 35.0 Å². The van der Waals surface area contributed by atoms with Gasteiger partial charge in [0.1, 0.15) is 41.7 Å². The van der Waals surface area contributed by atoms with Crippen LogP contribution in [0.15, 0.2) is 48.8 Å². The Hall–Kier alpha value is -4.88. The maximum Gasteiger partial charge on any atom is 0.258 e. The number of carbonyl (C=O) groups is 3. The molecular formula is C32H27ClF2N6O5. The van der Waals surface area contributed by atoms with Crippen molar-refractivity contribution in [2.45, 2.75) is 44.5 Å². The molecule has 1 aromatic heterocycles. The number of piperidine rings is 1. The summed E-state index contributed by atoms with van der Waals surface area (Å²) in [5, 5.41) is 9.34. The molecule has 0 radical (unpaired) electrons. The van der Waals surface area contributed by atoms with E-state index in [1.165, 1.54) is 29.4 Å². The fourth-order valence-electron chi connectivity index (χ4n) is 5.93. The Kier molecular flexibility index (Phi) is 7.87. The van der Waals surface area contributed by atoms with Gasteiger partial charge in [-0.2, -0.15) is 0 Å². The van der Waals surface area contributed by atoms with E-state index in [0.717, 1.165) is 0 Å². The van der Waals surface area contributed by atoms with Crippen LogP contribution in [0.4, 0.5) is 26.0 Å². The van der Waals surface area contributed by atoms with E-state index in [2.05, 4.69) is 25.9 Å². The van der Waals surface area contributed by atoms with E-state index in [1.54, 1.807) is 18.2 Å². The molecule has 11 nitrogen and oxygen atoms in total. The van der Waals surface area contributed by atoms with Gasteiger partial charge in [0.2, 0.25) is 11.8 Å². The molecule has 2 unspecified atom stereocenters. The van der Waals surface area contributed by atoms with E-state index < -0.39 is 35.4 Å². The molecule has 3 aliphatic heterocycles. The number of ether oxygens (including phenoxy) is 2.